The first-order valence-electron chi connectivity index (χ1n) is 5.28. The highest BCUT2D eigenvalue weighted by Gasteiger charge is 2.18. The predicted octanol–water partition coefficient (Wildman–Crippen LogP) is 1.19. The molecule has 0 aliphatic heterocycles. The number of rotatable bonds is 4. The van der Waals surface area contributed by atoms with E-state index in [1.807, 2.05) is 0 Å². The number of sulfonamides is 1. The van der Waals surface area contributed by atoms with Crippen LogP contribution in [0.1, 0.15) is 5.69 Å². The van der Waals surface area contributed by atoms with Crippen LogP contribution in [-0.2, 0) is 16.6 Å². The van der Waals surface area contributed by atoms with E-state index in [2.05, 4.69) is 14.7 Å². The maximum absolute atomic E-state index is 12.1. The number of anilines is 1. The van der Waals surface area contributed by atoms with Crippen LogP contribution in [0.15, 0.2) is 41.7 Å². The standard InChI is InChI=1S/C11H11ClN4O2S/c12-10-2-1-8(13)5-11(10)19(17,18)16-6-9-3-4-14-7-15-9/h1-5,7,16H,6,13H2. The smallest absolute Gasteiger partial charge is 0.242 e. The van der Waals surface area contributed by atoms with Crippen molar-refractivity contribution in [2.24, 2.45) is 0 Å². The van der Waals surface area contributed by atoms with Crippen LogP contribution in [0, 0.1) is 0 Å². The number of benzene rings is 1. The molecule has 2 aromatic rings. The van der Waals surface area contributed by atoms with Crippen LogP contribution >= 0.6 is 11.6 Å². The number of hydrogen-bond acceptors (Lipinski definition) is 5. The second-order valence-corrected chi connectivity index (χ2v) is 5.86. The third-order valence-electron chi connectivity index (χ3n) is 2.33. The van der Waals surface area contributed by atoms with Gasteiger partial charge in [0.25, 0.3) is 0 Å². The van der Waals surface area contributed by atoms with Crippen molar-refractivity contribution >= 4 is 27.3 Å². The van der Waals surface area contributed by atoms with E-state index in [1.54, 1.807) is 6.07 Å². The molecular weight excluding hydrogens is 288 g/mol. The van der Waals surface area contributed by atoms with Crippen LogP contribution in [0.3, 0.4) is 0 Å². The summed E-state index contributed by atoms with van der Waals surface area (Å²) in [6.45, 7) is 0.0516. The van der Waals surface area contributed by atoms with E-state index in [9.17, 15) is 8.42 Å². The van der Waals surface area contributed by atoms with Crippen molar-refractivity contribution < 1.29 is 8.42 Å². The van der Waals surface area contributed by atoms with E-state index in [0.29, 0.717) is 11.4 Å². The first-order chi connectivity index (χ1) is 8.99. The predicted molar refractivity (Wildman–Crippen MR) is 71.9 cm³/mol. The summed E-state index contributed by atoms with van der Waals surface area (Å²) in [5, 5.41) is 0.115. The molecule has 1 aromatic heterocycles. The molecule has 100 valence electrons. The molecule has 0 spiro atoms. The minimum absolute atomic E-state index is 0.0516. The largest absolute Gasteiger partial charge is 0.399 e. The van der Waals surface area contributed by atoms with Crippen LogP contribution < -0.4 is 10.5 Å². The zero-order valence-corrected chi connectivity index (χ0v) is 11.3. The van der Waals surface area contributed by atoms with Crippen LogP contribution in [-0.4, -0.2) is 18.4 Å². The van der Waals surface area contributed by atoms with Crippen molar-refractivity contribution in [1.82, 2.24) is 14.7 Å². The Kier molecular flexibility index (Phi) is 3.98. The van der Waals surface area contributed by atoms with Gasteiger partial charge in [-0.3, -0.25) is 0 Å². The van der Waals surface area contributed by atoms with Gasteiger partial charge in [0.1, 0.15) is 11.2 Å². The molecule has 1 aromatic carbocycles. The van der Waals surface area contributed by atoms with Gasteiger partial charge in [-0.05, 0) is 24.3 Å². The molecule has 6 nitrogen and oxygen atoms in total. The Morgan fingerprint density at radius 2 is 2.11 bits per heavy atom. The maximum Gasteiger partial charge on any atom is 0.242 e. The molecule has 19 heavy (non-hydrogen) atoms. The summed E-state index contributed by atoms with van der Waals surface area (Å²) >= 11 is 5.86. The van der Waals surface area contributed by atoms with Gasteiger partial charge in [0, 0.05) is 11.9 Å². The Bertz CT molecular complexity index is 676. The topological polar surface area (TPSA) is 98.0 Å². The highest BCUT2D eigenvalue weighted by atomic mass is 35.5. The third-order valence-corrected chi connectivity index (χ3v) is 4.21. The first kappa shape index (κ1) is 13.7. The summed E-state index contributed by atoms with van der Waals surface area (Å²) in [5.74, 6) is 0. The number of nitrogens with one attached hydrogen (secondary N) is 1. The fraction of sp³-hybridized carbons (Fsp3) is 0.0909. The quantitative estimate of drug-likeness (QED) is 0.826. The zero-order valence-electron chi connectivity index (χ0n) is 9.75. The van der Waals surface area contributed by atoms with Gasteiger partial charge in [-0.25, -0.2) is 23.1 Å². The molecule has 1 heterocycles. The van der Waals surface area contributed by atoms with Gasteiger partial charge in [0.2, 0.25) is 10.0 Å². The van der Waals surface area contributed by atoms with Crippen LogP contribution in [0.5, 0.6) is 0 Å². The highest BCUT2D eigenvalue weighted by Crippen LogP contribution is 2.23. The van der Waals surface area contributed by atoms with E-state index in [0.717, 1.165) is 0 Å². The van der Waals surface area contributed by atoms with Gasteiger partial charge in [0.15, 0.2) is 0 Å². The molecule has 3 N–H and O–H groups in total. The number of nitrogens with zero attached hydrogens (tertiary/aromatic N) is 2. The fourth-order valence-electron chi connectivity index (χ4n) is 1.40. The second kappa shape index (κ2) is 5.52. The van der Waals surface area contributed by atoms with Gasteiger partial charge < -0.3 is 5.73 Å². The minimum atomic E-state index is -3.73. The third kappa shape index (κ3) is 3.40. The lowest BCUT2D eigenvalue weighted by Crippen LogP contribution is -2.24. The van der Waals surface area contributed by atoms with E-state index >= 15 is 0 Å². The van der Waals surface area contributed by atoms with E-state index < -0.39 is 10.0 Å². The molecule has 8 heteroatoms. The molecule has 0 atom stereocenters. The van der Waals surface area contributed by atoms with Gasteiger partial charge >= 0.3 is 0 Å². The van der Waals surface area contributed by atoms with Crippen LogP contribution in [0.2, 0.25) is 5.02 Å². The summed E-state index contributed by atoms with van der Waals surface area (Å²) in [6.07, 6.45) is 2.88. The molecule has 0 bridgehead atoms. The van der Waals surface area contributed by atoms with Crippen molar-refractivity contribution in [3.05, 3.63) is 47.5 Å². The first-order valence-corrected chi connectivity index (χ1v) is 7.15. The van der Waals surface area contributed by atoms with Crippen molar-refractivity contribution in [1.29, 1.82) is 0 Å². The number of aromatic nitrogens is 2. The summed E-state index contributed by atoms with van der Waals surface area (Å²) in [6, 6.07) is 5.90. The van der Waals surface area contributed by atoms with E-state index in [1.165, 1.54) is 30.7 Å². The molecule has 0 saturated carbocycles. The number of nitrogens with two attached hydrogens (primary N) is 1. The molecule has 0 radical (unpaired) electrons. The normalized spacial score (nSPS) is 11.4. The molecule has 0 amide bonds. The lowest BCUT2D eigenvalue weighted by atomic mass is 10.3. The number of nitrogen functional groups attached to an aromatic ring is 1. The lowest BCUT2D eigenvalue weighted by molar-refractivity contribution is 0.580. The minimum Gasteiger partial charge on any atom is -0.399 e. The van der Waals surface area contributed by atoms with Gasteiger partial charge in [-0.15, -0.1) is 0 Å². The SMILES string of the molecule is Nc1ccc(Cl)c(S(=O)(=O)NCc2ccncn2)c1. The molecule has 0 aliphatic carbocycles. The monoisotopic (exact) mass is 298 g/mol. The maximum atomic E-state index is 12.1. The summed E-state index contributed by atoms with van der Waals surface area (Å²) in [7, 11) is -3.73. The molecular formula is C11H11ClN4O2S. The van der Waals surface area contributed by atoms with Crippen molar-refractivity contribution in [3.8, 4) is 0 Å². The van der Waals surface area contributed by atoms with Gasteiger partial charge in [-0.1, -0.05) is 11.6 Å². The van der Waals surface area contributed by atoms with Crippen LogP contribution in [0.25, 0.3) is 0 Å². The Balaban J connectivity index is 2.21. The average Bonchev–Trinajstić information content (AvgIpc) is 2.40. The van der Waals surface area contributed by atoms with E-state index in [-0.39, 0.29) is 16.5 Å². The molecule has 0 aliphatic rings. The molecule has 0 unspecified atom stereocenters. The van der Waals surface area contributed by atoms with Crippen molar-refractivity contribution in [3.63, 3.8) is 0 Å². The molecule has 0 saturated heterocycles. The fourth-order valence-corrected chi connectivity index (χ4v) is 2.93. The lowest BCUT2D eigenvalue weighted by Gasteiger charge is -2.08. The van der Waals surface area contributed by atoms with Gasteiger partial charge in [0.05, 0.1) is 17.3 Å². The Hall–Kier alpha value is -1.70. The summed E-state index contributed by atoms with van der Waals surface area (Å²) < 4.78 is 26.6. The Labute approximate surface area is 115 Å². The second-order valence-electron chi connectivity index (χ2n) is 3.72. The highest BCUT2D eigenvalue weighted by molar-refractivity contribution is 7.89. The van der Waals surface area contributed by atoms with Crippen molar-refractivity contribution in [2.75, 3.05) is 5.73 Å². The van der Waals surface area contributed by atoms with Crippen LogP contribution in [0.4, 0.5) is 5.69 Å². The number of hydrogen-bond donors (Lipinski definition) is 2. The molecule has 2 rings (SSSR count). The molecule has 0 fully saturated rings. The Morgan fingerprint density at radius 3 is 2.79 bits per heavy atom. The summed E-state index contributed by atoms with van der Waals surface area (Å²) in [4.78, 5) is 7.61. The average molecular weight is 299 g/mol. The summed E-state index contributed by atoms with van der Waals surface area (Å²) in [5.41, 5.74) is 6.44. The Morgan fingerprint density at radius 1 is 1.32 bits per heavy atom. The van der Waals surface area contributed by atoms with E-state index in [4.69, 9.17) is 17.3 Å². The van der Waals surface area contributed by atoms with Gasteiger partial charge in [-0.2, -0.15) is 0 Å². The van der Waals surface area contributed by atoms with Crippen molar-refractivity contribution in [2.45, 2.75) is 11.4 Å². The zero-order chi connectivity index (χ0) is 13.9. The number of halogens is 1.